The Morgan fingerprint density at radius 3 is 2.63 bits per heavy atom. The van der Waals surface area contributed by atoms with E-state index in [0.717, 1.165) is 12.1 Å². The first-order chi connectivity index (χ1) is 14.0. The molecule has 2 rings (SSSR count). The van der Waals surface area contributed by atoms with Crippen molar-refractivity contribution in [3.63, 3.8) is 0 Å². The van der Waals surface area contributed by atoms with Crippen LogP contribution in [0.4, 0.5) is 26.3 Å². The van der Waals surface area contributed by atoms with Crippen LogP contribution in [0.15, 0.2) is 29.3 Å². The molecule has 1 atom stereocenters. The fourth-order valence-corrected chi connectivity index (χ4v) is 3.23. The van der Waals surface area contributed by atoms with Crippen LogP contribution in [0.2, 0.25) is 0 Å². The van der Waals surface area contributed by atoms with Crippen LogP contribution in [0.5, 0.6) is 0 Å². The van der Waals surface area contributed by atoms with Crippen LogP contribution in [-0.2, 0) is 10.9 Å². The lowest BCUT2D eigenvalue weighted by molar-refractivity contribution is -0.143. The van der Waals surface area contributed by atoms with Gasteiger partial charge in [0.25, 0.3) is 0 Å². The fraction of sp³-hybridized carbons (Fsp3) is 0.632. The number of rotatable bonds is 6. The van der Waals surface area contributed by atoms with Gasteiger partial charge in [-0.05, 0) is 37.7 Å². The summed E-state index contributed by atoms with van der Waals surface area (Å²) >= 11 is 0. The molecule has 1 aliphatic rings. The number of hydrogen-bond acceptors (Lipinski definition) is 3. The minimum absolute atomic E-state index is 0.263. The lowest BCUT2D eigenvalue weighted by Gasteiger charge is -2.35. The normalized spacial score (nSPS) is 18.8. The molecule has 1 N–H and O–H groups in total. The van der Waals surface area contributed by atoms with Gasteiger partial charge in [-0.3, -0.25) is 9.89 Å². The number of alkyl halides is 6. The molecule has 11 heteroatoms. The summed E-state index contributed by atoms with van der Waals surface area (Å²) in [6.45, 7) is 0.845. The van der Waals surface area contributed by atoms with Crippen LogP contribution in [0.25, 0.3) is 0 Å². The highest BCUT2D eigenvalue weighted by Crippen LogP contribution is 2.32. The summed E-state index contributed by atoms with van der Waals surface area (Å²) in [6.07, 6.45) is -8.73. The number of aliphatic imine (C=N–C) groups is 1. The van der Waals surface area contributed by atoms with Crippen LogP contribution >= 0.6 is 0 Å². The average molecular weight is 440 g/mol. The third-order valence-electron chi connectivity index (χ3n) is 4.61. The van der Waals surface area contributed by atoms with Gasteiger partial charge in [0.05, 0.1) is 25.3 Å². The van der Waals surface area contributed by atoms with Gasteiger partial charge in [0.2, 0.25) is 0 Å². The Labute approximate surface area is 171 Å². The Morgan fingerprint density at radius 1 is 1.27 bits per heavy atom. The molecule has 5 nitrogen and oxygen atoms in total. The summed E-state index contributed by atoms with van der Waals surface area (Å²) in [7, 11) is 2.98. The van der Waals surface area contributed by atoms with E-state index in [4.69, 9.17) is 4.74 Å². The predicted molar refractivity (Wildman–Crippen MR) is 101 cm³/mol. The van der Waals surface area contributed by atoms with Gasteiger partial charge in [-0.15, -0.1) is 0 Å². The molecule has 1 aliphatic heterocycles. The van der Waals surface area contributed by atoms with Crippen molar-refractivity contribution in [3.05, 3.63) is 35.4 Å². The Bertz CT molecular complexity index is 707. The average Bonchev–Trinajstić information content (AvgIpc) is 2.66. The fourth-order valence-electron chi connectivity index (χ4n) is 3.23. The highest BCUT2D eigenvalue weighted by molar-refractivity contribution is 5.80. The highest BCUT2D eigenvalue weighted by Gasteiger charge is 2.32. The summed E-state index contributed by atoms with van der Waals surface area (Å²) in [4.78, 5) is 7.24. The van der Waals surface area contributed by atoms with Gasteiger partial charge < -0.3 is 15.0 Å². The standard InChI is InChI=1S/C19H26F6N4O/c1-26-17(27-7-4-8-28(2)13-18(20,21)22)29-9-10-30-16(12-29)14-5-3-6-15(11-14)19(23,24)25/h3,5-6,11,16H,4,7-10,12-13H2,1-2H3,(H,26,27). The second kappa shape index (κ2) is 10.3. The molecule has 1 fully saturated rings. The molecule has 1 aromatic carbocycles. The molecule has 0 spiro atoms. The van der Waals surface area contributed by atoms with Crippen LogP contribution in [-0.4, -0.2) is 75.4 Å². The molecule has 1 unspecified atom stereocenters. The largest absolute Gasteiger partial charge is 0.416 e. The van der Waals surface area contributed by atoms with Crippen LogP contribution in [0, 0.1) is 0 Å². The first kappa shape index (κ1) is 24.3. The van der Waals surface area contributed by atoms with E-state index in [2.05, 4.69) is 10.3 Å². The minimum Gasteiger partial charge on any atom is -0.370 e. The quantitative estimate of drug-likeness (QED) is 0.318. The molecule has 0 amide bonds. The van der Waals surface area contributed by atoms with E-state index in [1.165, 1.54) is 18.0 Å². The van der Waals surface area contributed by atoms with Gasteiger partial charge in [-0.2, -0.15) is 26.3 Å². The topological polar surface area (TPSA) is 40.1 Å². The summed E-state index contributed by atoms with van der Waals surface area (Å²) in [6, 6.07) is 5.04. The molecule has 170 valence electrons. The van der Waals surface area contributed by atoms with Crippen molar-refractivity contribution in [2.24, 2.45) is 4.99 Å². The van der Waals surface area contributed by atoms with E-state index >= 15 is 0 Å². The maximum absolute atomic E-state index is 13.0. The molecule has 1 aromatic rings. The van der Waals surface area contributed by atoms with E-state index in [1.807, 2.05) is 4.90 Å². The van der Waals surface area contributed by atoms with Gasteiger partial charge in [-0.1, -0.05) is 12.1 Å². The monoisotopic (exact) mass is 440 g/mol. The van der Waals surface area contributed by atoms with Crippen molar-refractivity contribution in [3.8, 4) is 0 Å². The van der Waals surface area contributed by atoms with Gasteiger partial charge in [0, 0.05) is 20.1 Å². The number of benzene rings is 1. The van der Waals surface area contributed by atoms with Gasteiger partial charge >= 0.3 is 12.4 Å². The molecular weight excluding hydrogens is 414 g/mol. The second-order valence-corrected chi connectivity index (χ2v) is 7.11. The van der Waals surface area contributed by atoms with Gasteiger partial charge in [0.15, 0.2) is 5.96 Å². The SMILES string of the molecule is CN=C(NCCCN(C)CC(F)(F)F)N1CCOC(c2cccc(C(F)(F)F)c2)C1. The maximum Gasteiger partial charge on any atom is 0.416 e. The Kier molecular flexibility index (Phi) is 8.36. The zero-order valence-electron chi connectivity index (χ0n) is 16.9. The molecule has 0 bridgehead atoms. The summed E-state index contributed by atoms with van der Waals surface area (Å²) < 4.78 is 81.6. The smallest absolute Gasteiger partial charge is 0.370 e. The number of nitrogens with one attached hydrogen (secondary N) is 1. The van der Waals surface area contributed by atoms with Crippen LogP contribution in [0.1, 0.15) is 23.7 Å². The summed E-state index contributed by atoms with van der Waals surface area (Å²) in [5.41, 5.74) is -0.301. The molecule has 0 saturated carbocycles. The Morgan fingerprint density at radius 2 is 2.00 bits per heavy atom. The first-order valence-corrected chi connectivity index (χ1v) is 9.49. The molecule has 0 aromatic heterocycles. The van der Waals surface area contributed by atoms with E-state index < -0.39 is 30.6 Å². The predicted octanol–water partition coefficient (Wildman–Crippen LogP) is 3.54. The Hall–Kier alpha value is -2.01. The van der Waals surface area contributed by atoms with Gasteiger partial charge in [-0.25, -0.2) is 0 Å². The number of hydrogen-bond donors (Lipinski definition) is 1. The van der Waals surface area contributed by atoms with Gasteiger partial charge in [0.1, 0.15) is 6.10 Å². The molecule has 0 radical (unpaired) electrons. The lowest BCUT2D eigenvalue weighted by atomic mass is 10.0. The minimum atomic E-state index is -4.43. The number of nitrogens with zero attached hydrogens (tertiary/aromatic N) is 3. The first-order valence-electron chi connectivity index (χ1n) is 9.49. The molecule has 1 heterocycles. The summed E-state index contributed by atoms with van der Waals surface area (Å²) in [5.74, 6) is 0.536. The molecule has 1 saturated heterocycles. The highest BCUT2D eigenvalue weighted by atomic mass is 19.4. The maximum atomic E-state index is 13.0. The van der Waals surface area contributed by atoms with Crippen molar-refractivity contribution in [1.29, 1.82) is 0 Å². The third-order valence-corrected chi connectivity index (χ3v) is 4.61. The number of ether oxygens (including phenoxy) is 1. The van der Waals surface area contributed by atoms with E-state index in [0.29, 0.717) is 44.2 Å². The van der Waals surface area contributed by atoms with Crippen molar-refractivity contribution in [2.45, 2.75) is 24.9 Å². The van der Waals surface area contributed by atoms with Crippen molar-refractivity contribution < 1.29 is 31.1 Å². The molecular formula is C19H26F6N4O. The zero-order valence-corrected chi connectivity index (χ0v) is 16.9. The Balaban J connectivity index is 1.89. The van der Waals surface area contributed by atoms with Crippen molar-refractivity contribution >= 4 is 5.96 Å². The lowest BCUT2D eigenvalue weighted by Crippen LogP contribution is -2.48. The van der Waals surface area contributed by atoms with E-state index in [9.17, 15) is 26.3 Å². The van der Waals surface area contributed by atoms with E-state index in [-0.39, 0.29) is 6.54 Å². The van der Waals surface area contributed by atoms with E-state index in [1.54, 1.807) is 13.1 Å². The van der Waals surface area contributed by atoms with Crippen molar-refractivity contribution in [1.82, 2.24) is 15.1 Å². The number of morpholine rings is 1. The van der Waals surface area contributed by atoms with Crippen molar-refractivity contribution in [2.75, 3.05) is 53.4 Å². The second-order valence-electron chi connectivity index (χ2n) is 7.11. The van der Waals surface area contributed by atoms with Crippen LogP contribution < -0.4 is 5.32 Å². The molecule has 0 aliphatic carbocycles. The van der Waals surface area contributed by atoms with Crippen LogP contribution in [0.3, 0.4) is 0 Å². The number of halogens is 6. The zero-order chi connectivity index (χ0) is 22.4. The molecule has 30 heavy (non-hydrogen) atoms. The summed E-state index contributed by atoms with van der Waals surface area (Å²) in [5, 5.41) is 3.10. The number of guanidine groups is 1. The third kappa shape index (κ3) is 7.67.